The molecular formula is C20H30N2O3. The molecule has 2 aliphatic rings. The number of nitrogens with zero attached hydrogens (tertiary/aromatic N) is 1. The standard InChI is InChI=1S/C20H30N2O3/c1-14(23)12-17-4-3-11-22(17)13-19(24)21-20(15-5-6-15)16-7-9-18(25-2)10-8-16/h7-10,14-15,17,20,23H,3-6,11-13H2,1-2H3,(H,21,24). The Morgan fingerprint density at radius 2 is 2.04 bits per heavy atom. The average molecular weight is 346 g/mol. The zero-order valence-corrected chi connectivity index (χ0v) is 15.3. The van der Waals surface area contributed by atoms with Crippen molar-refractivity contribution in [2.24, 2.45) is 5.92 Å². The number of rotatable bonds is 8. The topological polar surface area (TPSA) is 61.8 Å². The third-order valence-electron chi connectivity index (χ3n) is 5.34. The molecule has 3 unspecified atom stereocenters. The third-order valence-corrected chi connectivity index (χ3v) is 5.34. The van der Waals surface area contributed by atoms with E-state index in [0.29, 0.717) is 18.5 Å². The molecule has 0 radical (unpaired) electrons. The Labute approximate surface area is 150 Å². The van der Waals surface area contributed by atoms with Crippen LogP contribution in [0.4, 0.5) is 0 Å². The number of aliphatic hydroxyl groups excluding tert-OH is 1. The summed E-state index contributed by atoms with van der Waals surface area (Å²) in [4.78, 5) is 14.9. The van der Waals surface area contributed by atoms with Gasteiger partial charge in [-0.2, -0.15) is 0 Å². The number of nitrogens with one attached hydrogen (secondary N) is 1. The average Bonchev–Trinajstić information content (AvgIpc) is 3.35. The molecule has 1 aromatic rings. The Morgan fingerprint density at radius 3 is 2.64 bits per heavy atom. The van der Waals surface area contributed by atoms with Crippen molar-refractivity contribution in [2.75, 3.05) is 20.2 Å². The summed E-state index contributed by atoms with van der Waals surface area (Å²) >= 11 is 0. The van der Waals surface area contributed by atoms with E-state index >= 15 is 0 Å². The van der Waals surface area contributed by atoms with Gasteiger partial charge in [-0.1, -0.05) is 12.1 Å². The number of methoxy groups -OCH3 is 1. The van der Waals surface area contributed by atoms with Gasteiger partial charge in [-0.3, -0.25) is 9.69 Å². The Kier molecular flexibility index (Phi) is 5.97. The molecule has 1 aliphatic carbocycles. The summed E-state index contributed by atoms with van der Waals surface area (Å²) in [5, 5.41) is 12.9. The number of hydrogen-bond donors (Lipinski definition) is 2. The van der Waals surface area contributed by atoms with Gasteiger partial charge in [-0.05, 0) is 69.2 Å². The van der Waals surface area contributed by atoms with Crippen molar-refractivity contribution in [1.82, 2.24) is 10.2 Å². The predicted octanol–water partition coefficient (Wildman–Crippen LogP) is 2.50. The van der Waals surface area contributed by atoms with E-state index in [1.165, 1.54) is 12.8 Å². The molecule has 1 saturated heterocycles. The molecule has 0 spiro atoms. The van der Waals surface area contributed by atoms with Crippen LogP contribution < -0.4 is 10.1 Å². The van der Waals surface area contributed by atoms with E-state index in [0.717, 1.165) is 37.1 Å². The van der Waals surface area contributed by atoms with Gasteiger partial charge in [0.25, 0.3) is 0 Å². The number of carbonyl (C=O) groups excluding carboxylic acids is 1. The predicted molar refractivity (Wildman–Crippen MR) is 97.5 cm³/mol. The minimum absolute atomic E-state index is 0.0882. The van der Waals surface area contributed by atoms with E-state index in [9.17, 15) is 9.90 Å². The van der Waals surface area contributed by atoms with Gasteiger partial charge in [0, 0.05) is 6.04 Å². The quantitative estimate of drug-likeness (QED) is 0.759. The lowest BCUT2D eigenvalue weighted by Gasteiger charge is -2.26. The smallest absolute Gasteiger partial charge is 0.234 e. The highest BCUT2D eigenvalue weighted by Gasteiger charge is 2.34. The molecule has 0 aromatic heterocycles. The highest BCUT2D eigenvalue weighted by Crippen LogP contribution is 2.41. The summed E-state index contributed by atoms with van der Waals surface area (Å²) < 4.78 is 5.22. The van der Waals surface area contributed by atoms with Crippen LogP contribution >= 0.6 is 0 Å². The lowest BCUT2D eigenvalue weighted by Crippen LogP contribution is -2.42. The molecule has 1 saturated carbocycles. The van der Waals surface area contributed by atoms with Gasteiger partial charge in [0.05, 0.1) is 25.8 Å². The molecule has 1 amide bonds. The van der Waals surface area contributed by atoms with Crippen molar-refractivity contribution in [3.63, 3.8) is 0 Å². The number of aliphatic hydroxyl groups is 1. The van der Waals surface area contributed by atoms with E-state index < -0.39 is 0 Å². The van der Waals surface area contributed by atoms with Gasteiger partial charge in [0.1, 0.15) is 5.75 Å². The summed E-state index contributed by atoms with van der Waals surface area (Å²) in [6.07, 6.45) is 4.96. The van der Waals surface area contributed by atoms with Crippen LogP contribution in [0.15, 0.2) is 24.3 Å². The van der Waals surface area contributed by atoms with E-state index in [-0.39, 0.29) is 18.1 Å². The molecule has 3 atom stereocenters. The number of hydrogen-bond acceptors (Lipinski definition) is 4. The number of amides is 1. The lowest BCUT2D eigenvalue weighted by molar-refractivity contribution is -0.123. The van der Waals surface area contributed by atoms with Crippen LogP contribution in [0.5, 0.6) is 5.75 Å². The van der Waals surface area contributed by atoms with Crippen molar-refractivity contribution >= 4 is 5.91 Å². The third kappa shape index (κ3) is 4.95. The maximum atomic E-state index is 12.6. The fraction of sp³-hybridized carbons (Fsp3) is 0.650. The number of carbonyl (C=O) groups is 1. The fourth-order valence-corrected chi connectivity index (χ4v) is 3.88. The minimum Gasteiger partial charge on any atom is -0.497 e. The van der Waals surface area contributed by atoms with Crippen LogP contribution in [0.2, 0.25) is 0 Å². The molecule has 1 aliphatic heterocycles. The summed E-state index contributed by atoms with van der Waals surface area (Å²) in [5.41, 5.74) is 1.15. The first-order valence-electron chi connectivity index (χ1n) is 9.42. The second kappa shape index (κ2) is 8.19. The monoisotopic (exact) mass is 346 g/mol. The number of benzene rings is 1. The molecule has 5 heteroatoms. The lowest BCUT2D eigenvalue weighted by atomic mass is 10.0. The first-order chi connectivity index (χ1) is 12.1. The van der Waals surface area contributed by atoms with Gasteiger partial charge in [0.15, 0.2) is 0 Å². The first-order valence-corrected chi connectivity index (χ1v) is 9.42. The van der Waals surface area contributed by atoms with Gasteiger partial charge in [-0.25, -0.2) is 0 Å². The molecule has 5 nitrogen and oxygen atoms in total. The maximum Gasteiger partial charge on any atom is 0.234 e. The molecule has 2 fully saturated rings. The Balaban J connectivity index is 1.59. The van der Waals surface area contributed by atoms with Crippen molar-refractivity contribution in [3.8, 4) is 5.75 Å². The van der Waals surface area contributed by atoms with Crippen LogP contribution in [0.25, 0.3) is 0 Å². The van der Waals surface area contributed by atoms with E-state index in [4.69, 9.17) is 4.74 Å². The zero-order chi connectivity index (χ0) is 17.8. The van der Waals surface area contributed by atoms with E-state index in [1.807, 2.05) is 31.2 Å². The van der Waals surface area contributed by atoms with Gasteiger partial charge < -0.3 is 15.2 Å². The number of likely N-dealkylation sites (tertiary alicyclic amines) is 1. The summed E-state index contributed by atoms with van der Waals surface area (Å²) in [6, 6.07) is 8.43. The molecule has 2 N–H and O–H groups in total. The molecule has 3 rings (SSSR count). The Hall–Kier alpha value is -1.59. The highest BCUT2D eigenvalue weighted by molar-refractivity contribution is 5.78. The zero-order valence-electron chi connectivity index (χ0n) is 15.3. The fourth-order valence-electron chi connectivity index (χ4n) is 3.88. The van der Waals surface area contributed by atoms with Crippen molar-refractivity contribution in [3.05, 3.63) is 29.8 Å². The van der Waals surface area contributed by atoms with Gasteiger partial charge in [0.2, 0.25) is 5.91 Å². The van der Waals surface area contributed by atoms with Crippen molar-refractivity contribution in [1.29, 1.82) is 0 Å². The second-order valence-electron chi connectivity index (χ2n) is 7.51. The van der Waals surface area contributed by atoms with Crippen LogP contribution in [-0.2, 0) is 4.79 Å². The van der Waals surface area contributed by atoms with Crippen molar-refractivity contribution < 1.29 is 14.6 Å². The van der Waals surface area contributed by atoms with Gasteiger partial charge in [-0.15, -0.1) is 0 Å². The normalized spacial score (nSPS) is 23.2. The van der Waals surface area contributed by atoms with E-state index in [1.54, 1.807) is 7.11 Å². The number of ether oxygens (including phenoxy) is 1. The molecule has 1 aromatic carbocycles. The highest BCUT2D eigenvalue weighted by atomic mass is 16.5. The molecule has 0 bridgehead atoms. The Morgan fingerprint density at radius 1 is 1.32 bits per heavy atom. The van der Waals surface area contributed by atoms with Crippen LogP contribution in [0.3, 0.4) is 0 Å². The minimum atomic E-state index is -0.313. The van der Waals surface area contributed by atoms with Gasteiger partial charge >= 0.3 is 0 Å². The maximum absolute atomic E-state index is 12.6. The SMILES string of the molecule is COc1ccc(C(NC(=O)CN2CCCC2CC(C)O)C2CC2)cc1. The largest absolute Gasteiger partial charge is 0.497 e. The molecule has 25 heavy (non-hydrogen) atoms. The molecule has 1 heterocycles. The second-order valence-corrected chi connectivity index (χ2v) is 7.51. The summed E-state index contributed by atoms with van der Waals surface area (Å²) in [6.45, 7) is 3.20. The summed E-state index contributed by atoms with van der Waals surface area (Å²) in [5.74, 6) is 1.47. The molecular weight excluding hydrogens is 316 g/mol. The molecule has 138 valence electrons. The van der Waals surface area contributed by atoms with Crippen LogP contribution in [-0.4, -0.2) is 48.3 Å². The first kappa shape index (κ1) is 18.2. The van der Waals surface area contributed by atoms with Crippen LogP contribution in [0.1, 0.15) is 50.6 Å². The van der Waals surface area contributed by atoms with E-state index in [2.05, 4.69) is 10.2 Å². The van der Waals surface area contributed by atoms with Crippen molar-refractivity contribution in [2.45, 2.75) is 57.2 Å². The Bertz CT molecular complexity index is 569. The summed E-state index contributed by atoms with van der Waals surface area (Å²) in [7, 11) is 1.66. The van der Waals surface area contributed by atoms with Crippen LogP contribution in [0, 0.1) is 5.92 Å².